The van der Waals surface area contributed by atoms with Crippen molar-refractivity contribution in [2.45, 2.75) is 45.2 Å². The van der Waals surface area contributed by atoms with Crippen LogP contribution in [0.5, 0.6) is 0 Å². The zero-order chi connectivity index (χ0) is 26.5. The van der Waals surface area contributed by atoms with Crippen LogP contribution in [0.3, 0.4) is 0 Å². The molecule has 8 heteroatoms. The van der Waals surface area contributed by atoms with Crippen molar-refractivity contribution in [3.05, 3.63) is 88.2 Å². The molecule has 0 saturated carbocycles. The minimum Gasteiger partial charge on any atom is -0.341 e. The first-order valence-electron chi connectivity index (χ1n) is 13.4. The number of carbonyl (C=O) groups is 1. The van der Waals surface area contributed by atoms with Gasteiger partial charge < -0.3 is 9.80 Å². The van der Waals surface area contributed by atoms with Crippen LogP contribution in [0.1, 0.15) is 40.1 Å². The lowest BCUT2D eigenvalue weighted by molar-refractivity contribution is -0.128. The van der Waals surface area contributed by atoms with Gasteiger partial charge in [-0.3, -0.25) is 4.79 Å². The number of nitrogens with zero attached hydrogens (tertiary/aromatic N) is 6. The largest absolute Gasteiger partial charge is 0.341 e. The fourth-order valence-electron chi connectivity index (χ4n) is 5.01. The number of amides is 1. The average Bonchev–Trinajstić information content (AvgIpc) is 3.18. The first-order chi connectivity index (χ1) is 18.5. The molecule has 2 aromatic carbocycles. The van der Waals surface area contributed by atoms with Crippen LogP contribution >= 0.6 is 11.8 Å². The first-order valence-corrected chi connectivity index (χ1v) is 14.4. The summed E-state index contributed by atoms with van der Waals surface area (Å²) in [5.41, 5.74) is 7.05. The number of hydrogen-bond acceptors (Lipinski definition) is 6. The van der Waals surface area contributed by atoms with Crippen LogP contribution < -0.4 is 0 Å². The van der Waals surface area contributed by atoms with Gasteiger partial charge in [-0.05, 0) is 56.8 Å². The number of rotatable bonds is 8. The van der Waals surface area contributed by atoms with Crippen molar-refractivity contribution in [3.63, 3.8) is 0 Å². The Hall–Kier alpha value is -3.23. The molecule has 5 rings (SSSR count). The lowest BCUT2D eigenvalue weighted by atomic mass is 10.0. The zero-order valence-corrected chi connectivity index (χ0v) is 23.4. The molecule has 1 amide bonds. The first kappa shape index (κ1) is 26.4. The van der Waals surface area contributed by atoms with Gasteiger partial charge in [0.1, 0.15) is 0 Å². The number of hydrogen-bond donors (Lipinski definition) is 0. The summed E-state index contributed by atoms with van der Waals surface area (Å²) < 4.78 is 1.82. The Balaban J connectivity index is 1.17. The van der Waals surface area contributed by atoms with E-state index in [-0.39, 0.29) is 5.91 Å². The van der Waals surface area contributed by atoms with Crippen LogP contribution in [0.15, 0.2) is 59.8 Å². The maximum Gasteiger partial charge on any atom is 0.253 e. The van der Waals surface area contributed by atoms with E-state index in [1.54, 1.807) is 0 Å². The number of carbonyl (C=O) groups excluding carboxylic acids is 1. The molecule has 4 aromatic rings. The summed E-state index contributed by atoms with van der Waals surface area (Å²) in [7, 11) is 0. The summed E-state index contributed by atoms with van der Waals surface area (Å²) in [5.74, 6) is 1.08. The lowest BCUT2D eigenvalue weighted by Crippen LogP contribution is -2.36. The minimum atomic E-state index is 0.152. The monoisotopic (exact) mass is 528 g/mol. The molecule has 2 aromatic heterocycles. The van der Waals surface area contributed by atoms with Crippen LogP contribution in [0, 0.1) is 20.8 Å². The standard InChI is InChI=1S/C30H36N6OS/c1-22-10-12-26(13-11-22)20-27-23(2)31-29-32-30(33-36(29)24(27)3)38-21-28(37)35-16-7-15-34(18-19-35)17-14-25-8-5-4-6-9-25/h4-6,8-13H,7,14-21H2,1-3H3. The van der Waals surface area contributed by atoms with Gasteiger partial charge in [0.05, 0.1) is 5.75 Å². The van der Waals surface area contributed by atoms with Gasteiger partial charge in [-0.1, -0.05) is 71.9 Å². The van der Waals surface area contributed by atoms with E-state index in [1.807, 2.05) is 16.3 Å². The maximum absolute atomic E-state index is 13.0. The number of aryl methyl sites for hydroxylation is 3. The Morgan fingerprint density at radius 2 is 1.68 bits per heavy atom. The topological polar surface area (TPSA) is 66.6 Å². The van der Waals surface area contributed by atoms with Gasteiger partial charge in [-0.2, -0.15) is 4.98 Å². The van der Waals surface area contributed by atoms with E-state index < -0.39 is 0 Å². The van der Waals surface area contributed by atoms with Crippen LogP contribution in [0.2, 0.25) is 0 Å². The van der Waals surface area contributed by atoms with Crippen LogP contribution in [-0.2, 0) is 17.6 Å². The highest BCUT2D eigenvalue weighted by atomic mass is 32.2. The van der Waals surface area contributed by atoms with E-state index in [9.17, 15) is 4.79 Å². The number of aromatic nitrogens is 4. The van der Waals surface area contributed by atoms with Crippen molar-refractivity contribution in [3.8, 4) is 0 Å². The highest BCUT2D eigenvalue weighted by Crippen LogP contribution is 2.21. The van der Waals surface area contributed by atoms with Crippen molar-refractivity contribution < 1.29 is 4.79 Å². The number of benzene rings is 2. The van der Waals surface area contributed by atoms with Gasteiger partial charge in [0.25, 0.3) is 5.78 Å². The molecule has 0 aliphatic carbocycles. The van der Waals surface area contributed by atoms with Gasteiger partial charge in [0.15, 0.2) is 0 Å². The number of thioether (sulfide) groups is 1. The van der Waals surface area contributed by atoms with Crippen molar-refractivity contribution >= 4 is 23.4 Å². The summed E-state index contributed by atoms with van der Waals surface area (Å²) in [4.78, 5) is 26.9. The van der Waals surface area contributed by atoms with Crippen molar-refractivity contribution in [2.75, 3.05) is 38.5 Å². The molecule has 1 aliphatic heterocycles. The SMILES string of the molecule is Cc1ccc(Cc2c(C)nc3nc(SCC(=O)N4CCCN(CCc5ccccc5)CC4)nn3c2C)cc1. The molecular weight excluding hydrogens is 492 g/mol. The van der Waals surface area contributed by atoms with E-state index in [2.05, 4.69) is 78.3 Å². The summed E-state index contributed by atoms with van der Waals surface area (Å²) in [5, 5.41) is 5.29. The van der Waals surface area contributed by atoms with Crippen molar-refractivity contribution in [2.24, 2.45) is 0 Å². The summed E-state index contributed by atoms with van der Waals surface area (Å²) in [6.45, 7) is 10.8. The van der Waals surface area contributed by atoms with Gasteiger partial charge >= 0.3 is 0 Å². The fourth-order valence-corrected chi connectivity index (χ4v) is 5.73. The predicted octanol–water partition coefficient (Wildman–Crippen LogP) is 4.51. The average molecular weight is 529 g/mol. The fraction of sp³-hybridized carbons (Fsp3) is 0.400. The zero-order valence-electron chi connectivity index (χ0n) is 22.6. The summed E-state index contributed by atoms with van der Waals surface area (Å²) in [6, 6.07) is 19.2. The van der Waals surface area contributed by atoms with E-state index >= 15 is 0 Å². The highest BCUT2D eigenvalue weighted by Gasteiger charge is 2.20. The predicted molar refractivity (Wildman–Crippen MR) is 153 cm³/mol. The molecule has 0 unspecified atom stereocenters. The lowest BCUT2D eigenvalue weighted by Gasteiger charge is -2.21. The maximum atomic E-state index is 13.0. The third-order valence-corrected chi connectivity index (χ3v) is 8.18. The molecule has 0 spiro atoms. The third-order valence-electron chi connectivity index (χ3n) is 7.36. The Labute approximate surface area is 229 Å². The molecule has 1 aliphatic rings. The summed E-state index contributed by atoms with van der Waals surface area (Å²) in [6.07, 6.45) is 2.85. The van der Waals surface area contributed by atoms with Gasteiger partial charge in [-0.25, -0.2) is 9.50 Å². The van der Waals surface area contributed by atoms with Crippen molar-refractivity contribution in [1.82, 2.24) is 29.4 Å². The Morgan fingerprint density at radius 3 is 2.47 bits per heavy atom. The molecule has 1 fully saturated rings. The van der Waals surface area contributed by atoms with Gasteiger partial charge in [0, 0.05) is 44.0 Å². The molecule has 0 radical (unpaired) electrons. The Kier molecular flexibility index (Phi) is 8.39. The molecule has 198 valence electrons. The smallest absolute Gasteiger partial charge is 0.253 e. The molecule has 3 heterocycles. The second-order valence-electron chi connectivity index (χ2n) is 10.1. The van der Waals surface area contributed by atoms with Gasteiger partial charge in [-0.15, -0.1) is 5.10 Å². The van der Waals surface area contributed by atoms with Crippen LogP contribution in [0.25, 0.3) is 5.78 Å². The molecule has 1 saturated heterocycles. The van der Waals surface area contributed by atoms with Gasteiger partial charge in [0.2, 0.25) is 11.1 Å². The summed E-state index contributed by atoms with van der Waals surface area (Å²) >= 11 is 1.40. The van der Waals surface area contributed by atoms with E-state index in [0.717, 1.165) is 63.4 Å². The van der Waals surface area contributed by atoms with Crippen LogP contribution in [0.4, 0.5) is 0 Å². The van der Waals surface area contributed by atoms with Crippen molar-refractivity contribution in [1.29, 1.82) is 0 Å². The quantitative estimate of drug-likeness (QED) is 0.314. The third kappa shape index (κ3) is 6.42. The molecular formula is C30H36N6OS. The second-order valence-corrected chi connectivity index (χ2v) is 11.1. The van der Waals surface area contributed by atoms with E-state index in [4.69, 9.17) is 10.1 Å². The molecule has 0 N–H and O–H groups in total. The minimum absolute atomic E-state index is 0.152. The molecule has 0 bridgehead atoms. The normalized spacial score (nSPS) is 14.7. The Bertz CT molecular complexity index is 1390. The van der Waals surface area contributed by atoms with E-state index in [1.165, 1.54) is 34.0 Å². The molecule has 38 heavy (non-hydrogen) atoms. The second kappa shape index (κ2) is 12.1. The highest BCUT2D eigenvalue weighted by molar-refractivity contribution is 7.99. The van der Waals surface area contributed by atoms with Crippen LogP contribution in [-0.4, -0.2) is 73.8 Å². The number of fused-ring (bicyclic) bond motifs is 1. The Morgan fingerprint density at radius 1 is 0.895 bits per heavy atom. The van der Waals surface area contributed by atoms with E-state index in [0.29, 0.717) is 16.7 Å². The molecule has 7 nitrogen and oxygen atoms in total. The molecule has 0 atom stereocenters.